The van der Waals surface area contributed by atoms with Gasteiger partial charge in [0.1, 0.15) is 11.5 Å². The number of nitrogens with zero attached hydrogens (tertiary/aromatic N) is 1. The SMILES string of the molecule is CS(=O)(=O)Oc1ccc(CN(Cc2ccco2)C(=O)Nc2ccc(Br)cc2)cc1. The molecule has 0 saturated heterocycles. The summed E-state index contributed by atoms with van der Waals surface area (Å²) in [6.45, 7) is 0.569. The molecule has 1 aromatic heterocycles. The van der Waals surface area contributed by atoms with Crippen LogP contribution in [0.25, 0.3) is 0 Å². The van der Waals surface area contributed by atoms with E-state index in [0.717, 1.165) is 16.3 Å². The Morgan fingerprint density at radius 1 is 1.07 bits per heavy atom. The largest absolute Gasteiger partial charge is 0.467 e. The summed E-state index contributed by atoms with van der Waals surface area (Å²) in [5.41, 5.74) is 1.47. The van der Waals surface area contributed by atoms with E-state index < -0.39 is 10.1 Å². The van der Waals surface area contributed by atoms with Crippen molar-refractivity contribution in [3.63, 3.8) is 0 Å². The van der Waals surface area contributed by atoms with Gasteiger partial charge >= 0.3 is 16.1 Å². The van der Waals surface area contributed by atoms with Gasteiger partial charge in [-0.2, -0.15) is 8.42 Å². The first kappa shape index (κ1) is 20.9. The molecule has 0 spiro atoms. The second-order valence-electron chi connectivity index (χ2n) is 6.30. The van der Waals surface area contributed by atoms with Crippen molar-refractivity contribution in [3.05, 3.63) is 82.7 Å². The summed E-state index contributed by atoms with van der Waals surface area (Å²) in [6.07, 6.45) is 2.54. The predicted octanol–water partition coefficient (Wildman–Crippen LogP) is 4.61. The number of carbonyl (C=O) groups is 1. The molecule has 29 heavy (non-hydrogen) atoms. The van der Waals surface area contributed by atoms with Crippen LogP contribution in [-0.4, -0.2) is 25.6 Å². The molecule has 0 bridgehead atoms. The van der Waals surface area contributed by atoms with Crippen molar-refractivity contribution in [1.82, 2.24) is 4.90 Å². The van der Waals surface area contributed by atoms with Crippen molar-refractivity contribution >= 4 is 37.8 Å². The molecule has 0 aliphatic rings. The highest BCUT2D eigenvalue weighted by atomic mass is 79.9. The summed E-state index contributed by atoms with van der Waals surface area (Å²) in [5, 5.41) is 2.86. The van der Waals surface area contributed by atoms with E-state index in [-0.39, 0.29) is 18.3 Å². The van der Waals surface area contributed by atoms with E-state index in [1.807, 2.05) is 12.1 Å². The summed E-state index contributed by atoms with van der Waals surface area (Å²) >= 11 is 3.37. The van der Waals surface area contributed by atoms with Gasteiger partial charge in [-0.15, -0.1) is 0 Å². The molecule has 0 aliphatic heterocycles. The van der Waals surface area contributed by atoms with Crippen LogP contribution >= 0.6 is 15.9 Å². The number of benzene rings is 2. The molecule has 0 fully saturated rings. The zero-order valence-corrected chi connectivity index (χ0v) is 17.9. The zero-order chi connectivity index (χ0) is 20.9. The van der Waals surface area contributed by atoms with E-state index in [1.165, 1.54) is 0 Å². The molecule has 9 heteroatoms. The second kappa shape index (κ2) is 9.15. The van der Waals surface area contributed by atoms with E-state index in [1.54, 1.807) is 59.7 Å². The van der Waals surface area contributed by atoms with Gasteiger partial charge in [0.05, 0.1) is 19.1 Å². The van der Waals surface area contributed by atoms with E-state index in [9.17, 15) is 13.2 Å². The van der Waals surface area contributed by atoms with E-state index >= 15 is 0 Å². The number of anilines is 1. The number of nitrogens with one attached hydrogen (secondary N) is 1. The van der Waals surface area contributed by atoms with Gasteiger partial charge in [0, 0.05) is 16.7 Å². The van der Waals surface area contributed by atoms with Crippen molar-refractivity contribution in [2.75, 3.05) is 11.6 Å². The summed E-state index contributed by atoms with van der Waals surface area (Å²) in [4.78, 5) is 14.4. The van der Waals surface area contributed by atoms with Gasteiger partial charge < -0.3 is 18.8 Å². The smallest absolute Gasteiger partial charge is 0.322 e. The summed E-state index contributed by atoms with van der Waals surface area (Å²) in [7, 11) is -3.59. The molecular formula is C20H19BrN2O5S. The lowest BCUT2D eigenvalue weighted by Gasteiger charge is -2.22. The minimum Gasteiger partial charge on any atom is -0.467 e. The van der Waals surface area contributed by atoms with Crippen LogP contribution in [0.5, 0.6) is 5.75 Å². The highest BCUT2D eigenvalue weighted by molar-refractivity contribution is 9.10. The van der Waals surface area contributed by atoms with Crippen molar-refractivity contribution < 1.29 is 21.8 Å². The molecule has 3 rings (SSSR count). The van der Waals surface area contributed by atoms with Crippen LogP contribution in [0.4, 0.5) is 10.5 Å². The number of rotatable bonds is 7. The Kier molecular flexibility index (Phi) is 6.60. The van der Waals surface area contributed by atoms with Gasteiger partial charge in [0.15, 0.2) is 0 Å². The lowest BCUT2D eigenvalue weighted by Crippen LogP contribution is -2.33. The highest BCUT2D eigenvalue weighted by Gasteiger charge is 2.17. The van der Waals surface area contributed by atoms with Crippen LogP contribution in [0.2, 0.25) is 0 Å². The number of furan rings is 1. The van der Waals surface area contributed by atoms with Crippen LogP contribution in [0.1, 0.15) is 11.3 Å². The lowest BCUT2D eigenvalue weighted by atomic mass is 10.2. The van der Waals surface area contributed by atoms with Crippen molar-refractivity contribution in [2.45, 2.75) is 13.1 Å². The number of urea groups is 1. The molecule has 152 valence electrons. The lowest BCUT2D eigenvalue weighted by molar-refractivity contribution is 0.201. The quantitative estimate of drug-likeness (QED) is 0.500. The molecule has 2 amide bonds. The Bertz CT molecular complexity index is 1050. The third kappa shape index (κ3) is 6.65. The first-order valence-corrected chi connectivity index (χ1v) is 11.2. The van der Waals surface area contributed by atoms with E-state index in [2.05, 4.69) is 21.2 Å². The highest BCUT2D eigenvalue weighted by Crippen LogP contribution is 2.19. The Labute approximate surface area is 177 Å². The maximum absolute atomic E-state index is 12.8. The van der Waals surface area contributed by atoms with Crippen molar-refractivity contribution in [3.8, 4) is 5.75 Å². The molecule has 7 nitrogen and oxygen atoms in total. The Balaban J connectivity index is 1.74. The fourth-order valence-electron chi connectivity index (χ4n) is 2.57. The Hall–Kier alpha value is -2.78. The predicted molar refractivity (Wildman–Crippen MR) is 113 cm³/mol. The monoisotopic (exact) mass is 478 g/mol. The van der Waals surface area contributed by atoms with Gasteiger partial charge in [-0.1, -0.05) is 28.1 Å². The minimum atomic E-state index is -3.59. The van der Waals surface area contributed by atoms with Crippen LogP contribution < -0.4 is 9.50 Å². The maximum Gasteiger partial charge on any atom is 0.322 e. The van der Waals surface area contributed by atoms with E-state index in [0.29, 0.717) is 18.0 Å². The topological polar surface area (TPSA) is 88.9 Å². The number of hydrogen-bond donors (Lipinski definition) is 1. The average molecular weight is 479 g/mol. The molecule has 0 saturated carbocycles. The molecule has 0 atom stereocenters. The third-order valence-corrected chi connectivity index (χ3v) is 4.88. The molecule has 0 aliphatic carbocycles. The van der Waals surface area contributed by atoms with E-state index in [4.69, 9.17) is 8.60 Å². The standard InChI is InChI=1S/C20H19BrN2O5S/c1-29(25,26)28-18-10-4-15(5-11-18)13-23(14-19-3-2-12-27-19)20(24)22-17-8-6-16(21)7-9-17/h2-12H,13-14H2,1H3,(H,22,24). The maximum atomic E-state index is 12.8. The molecule has 0 radical (unpaired) electrons. The number of halogens is 1. The molecule has 1 N–H and O–H groups in total. The average Bonchev–Trinajstić information content (AvgIpc) is 3.16. The normalized spacial score (nSPS) is 11.1. The van der Waals surface area contributed by atoms with Gasteiger partial charge in [-0.05, 0) is 54.1 Å². The van der Waals surface area contributed by atoms with Crippen LogP contribution in [0.15, 0.2) is 75.8 Å². The first-order chi connectivity index (χ1) is 13.8. The van der Waals surface area contributed by atoms with Gasteiger partial charge in [-0.3, -0.25) is 0 Å². The zero-order valence-electron chi connectivity index (χ0n) is 15.5. The number of amides is 2. The summed E-state index contributed by atoms with van der Waals surface area (Å²) < 4.78 is 33.6. The van der Waals surface area contributed by atoms with Crippen molar-refractivity contribution in [1.29, 1.82) is 0 Å². The van der Waals surface area contributed by atoms with Crippen LogP contribution in [0.3, 0.4) is 0 Å². The Morgan fingerprint density at radius 2 is 1.76 bits per heavy atom. The number of carbonyl (C=O) groups excluding carboxylic acids is 1. The van der Waals surface area contributed by atoms with Gasteiger partial charge in [0.2, 0.25) is 0 Å². The van der Waals surface area contributed by atoms with Crippen LogP contribution in [0, 0.1) is 0 Å². The number of hydrogen-bond acceptors (Lipinski definition) is 5. The van der Waals surface area contributed by atoms with Crippen LogP contribution in [-0.2, 0) is 23.2 Å². The molecule has 1 heterocycles. The molecular weight excluding hydrogens is 460 g/mol. The third-order valence-electron chi connectivity index (χ3n) is 3.85. The fraction of sp³-hybridized carbons (Fsp3) is 0.150. The molecule has 2 aromatic carbocycles. The molecule has 0 unspecified atom stereocenters. The fourth-order valence-corrected chi connectivity index (χ4v) is 3.30. The first-order valence-electron chi connectivity index (χ1n) is 8.61. The summed E-state index contributed by atoms with van der Waals surface area (Å²) in [6, 6.07) is 17.1. The Morgan fingerprint density at radius 3 is 2.34 bits per heavy atom. The van der Waals surface area contributed by atoms with Crippen molar-refractivity contribution in [2.24, 2.45) is 0 Å². The van der Waals surface area contributed by atoms with Gasteiger partial charge in [0.25, 0.3) is 0 Å². The minimum absolute atomic E-state index is 0.216. The summed E-state index contributed by atoms with van der Waals surface area (Å²) in [5.74, 6) is 0.862. The second-order valence-corrected chi connectivity index (χ2v) is 8.79. The molecule has 3 aromatic rings. The van der Waals surface area contributed by atoms with Gasteiger partial charge in [-0.25, -0.2) is 4.79 Å².